The molecule has 18 heavy (non-hydrogen) atoms. The third kappa shape index (κ3) is 3.02. The van der Waals surface area contributed by atoms with Crippen molar-refractivity contribution < 1.29 is 14.7 Å². The SMILES string of the molecule is CC1CCCC(N2CCNC(=O)C2CC(=O)O)C1. The lowest BCUT2D eigenvalue weighted by molar-refractivity contribution is -0.144. The van der Waals surface area contributed by atoms with Crippen LogP contribution in [0.2, 0.25) is 0 Å². The number of hydrogen-bond donors (Lipinski definition) is 2. The second-order valence-electron chi connectivity index (χ2n) is 5.57. The minimum Gasteiger partial charge on any atom is -0.481 e. The third-order valence-corrected chi connectivity index (χ3v) is 4.12. The predicted molar refractivity (Wildman–Crippen MR) is 67.2 cm³/mol. The molecule has 102 valence electrons. The molecule has 2 rings (SSSR count). The number of nitrogens with zero attached hydrogens (tertiary/aromatic N) is 1. The van der Waals surface area contributed by atoms with Gasteiger partial charge in [0.1, 0.15) is 0 Å². The number of aliphatic carboxylic acids is 1. The Hall–Kier alpha value is -1.10. The molecule has 3 unspecified atom stereocenters. The van der Waals surface area contributed by atoms with Crippen LogP contribution in [-0.2, 0) is 9.59 Å². The first-order valence-electron chi connectivity index (χ1n) is 6.83. The molecule has 0 aromatic heterocycles. The molecule has 1 aliphatic heterocycles. The highest BCUT2D eigenvalue weighted by Gasteiger charge is 2.37. The molecule has 0 aromatic rings. The van der Waals surface area contributed by atoms with E-state index in [2.05, 4.69) is 17.1 Å². The summed E-state index contributed by atoms with van der Waals surface area (Å²) in [4.78, 5) is 24.9. The van der Waals surface area contributed by atoms with E-state index in [0.717, 1.165) is 19.4 Å². The summed E-state index contributed by atoms with van der Waals surface area (Å²) in [7, 11) is 0. The van der Waals surface area contributed by atoms with Gasteiger partial charge in [0.25, 0.3) is 0 Å². The molecule has 1 heterocycles. The average molecular weight is 254 g/mol. The maximum Gasteiger partial charge on any atom is 0.305 e. The molecule has 2 aliphatic rings. The number of rotatable bonds is 3. The molecule has 0 radical (unpaired) electrons. The predicted octanol–water partition coefficient (Wildman–Crippen LogP) is 0.840. The fraction of sp³-hybridized carbons (Fsp3) is 0.846. The minimum absolute atomic E-state index is 0.0866. The van der Waals surface area contributed by atoms with Gasteiger partial charge in [-0.3, -0.25) is 14.5 Å². The van der Waals surface area contributed by atoms with E-state index in [0.29, 0.717) is 18.5 Å². The van der Waals surface area contributed by atoms with Crippen LogP contribution in [0.5, 0.6) is 0 Å². The monoisotopic (exact) mass is 254 g/mol. The van der Waals surface area contributed by atoms with Crippen LogP contribution in [0, 0.1) is 5.92 Å². The standard InChI is InChI=1S/C13H22N2O3/c1-9-3-2-4-10(7-9)15-6-5-14-13(18)11(15)8-12(16)17/h9-11H,2-8H2,1H3,(H,14,18)(H,16,17). The summed E-state index contributed by atoms with van der Waals surface area (Å²) in [6.45, 7) is 3.66. The van der Waals surface area contributed by atoms with E-state index in [1.165, 1.54) is 12.8 Å². The Labute approximate surface area is 108 Å². The topological polar surface area (TPSA) is 69.6 Å². The lowest BCUT2D eigenvalue weighted by Gasteiger charge is -2.42. The summed E-state index contributed by atoms with van der Waals surface area (Å²) in [5, 5.41) is 11.7. The molecular weight excluding hydrogens is 232 g/mol. The van der Waals surface area contributed by atoms with Gasteiger partial charge in [0, 0.05) is 19.1 Å². The largest absolute Gasteiger partial charge is 0.481 e. The van der Waals surface area contributed by atoms with Crippen molar-refractivity contribution in [1.29, 1.82) is 0 Å². The third-order valence-electron chi connectivity index (χ3n) is 4.12. The zero-order chi connectivity index (χ0) is 13.1. The van der Waals surface area contributed by atoms with E-state index < -0.39 is 12.0 Å². The first-order valence-corrected chi connectivity index (χ1v) is 6.83. The van der Waals surface area contributed by atoms with Gasteiger partial charge in [-0.2, -0.15) is 0 Å². The molecule has 5 heteroatoms. The van der Waals surface area contributed by atoms with Crippen molar-refractivity contribution in [3.63, 3.8) is 0 Å². The Bertz CT molecular complexity index is 332. The molecule has 2 N–H and O–H groups in total. The number of carboxylic acid groups (broad SMARTS) is 1. The van der Waals surface area contributed by atoms with Gasteiger partial charge in [0.2, 0.25) is 5.91 Å². The number of carbonyl (C=O) groups excluding carboxylic acids is 1. The summed E-state index contributed by atoms with van der Waals surface area (Å²) >= 11 is 0. The van der Waals surface area contributed by atoms with Gasteiger partial charge in [-0.05, 0) is 18.8 Å². The van der Waals surface area contributed by atoms with E-state index in [-0.39, 0.29) is 12.3 Å². The molecule has 0 spiro atoms. The molecular formula is C13H22N2O3. The lowest BCUT2D eigenvalue weighted by Crippen LogP contribution is -2.59. The van der Waals surface area contributed by atoms with Crippen molar-refractivity contribution in [2.24, 2.45) is 5.92 Å². The summed E-state index contributed by atoms with van der Waals surface area (Å²) in [5.41, 5.74) is 0. The van der Waals surface area contributed by atoms with Crippen LogP contribution < -0.4 is 5.32 Å². The number of carbonyl (C=O) groups is 2. The van der Waals surface area contributed by atoms with Crippen LogP contribution in [0.4, 0.5) is 0 Å². The highest BCUT2D eigenvalue weighted by Crippen LogP contribution is 2.29. The highest BCUT2D eigenvalue weighted by atomic mass is 16.4. The second-order valence-corrected chi connectivity index (χ2v) is 5.57. The Morgan fingerprint density at radius 1 is 1.50 bits per heavy atom. The Morgan fingerprint density at radius 3 is 2.94 bits per heavy atom. The van der Waals surface area contributed by atoms with Gasteiger partial charge in [-0.1, -0.05) is 19.8 Å². The van der Waals surface area contributed by atoms with Crippen LogP contribution in [0.1, 0.15) is 39.0 Å². The van der Waals surface area contributed by atoms with E-state index in [9.17, 15) is 9.59 Å². The quantitative estimate of drug-likeness (QED) is 0.783. The van der Waals surface area contributed by atoms with Gasteiger partial charge in [0.15, 0.2) is 0 Å². The molecule has 1 amide bonds. The van der Waals surface area contributed by atoms with Crippen molar-refractivity contribution in [1.82, 2.24) is 10.2 Å². The number of hydrogen-bond acceptors (Lipinski definition) is 3. The molecule has 1 saturated heterocycles. The number of amides is 1. The molecule has 0 aromatic carbocycles. The maximum absolute atomic E-state index is 11.8. The van der Waals surface area contributed by atoms with Crippen LogP contribution >= 0.6 is 0 Å². The average Bonchev–Trinajstić information content (AvgIpc) is 2.31. The van der Waals surface area contributed by atoms with Gasteiger partial charge < -0.3 is 10.4 Å². The molecule has 2 fully saturated rings. The van der Waals surface area contributed by atoms with Crippen LogP contribution in [0.25, 0.3) is 0 Å². The molecule has 3 atom stereocenters. The summed E-state index contributed by atoms with van der Waals surface area (Å²) in [6, 6.07) is -0.101. The minimum atomic E-state index is -0.897. The Kier molecular flexibility index (Phi) is 4.22. The first-order chi connectivity index (χ1) is 8.58. The van der Waals surface area contributed by atoms with Crippen molar-refractivity contribution in [3.8, 4) is 0 Å². The molecule has 1 aliphatic carbocycles. The van der Waals surface area contributed by atoms with E-state index in [1.807, 2.05) is 0 Å². The van der Waals surface area contributed by atoms with Gasteiger partial charge >= 0.3 is 5.97 Å². The first kappa shape index (κ1) is 13.3. The molecule has 5 nitrogen and oxygen atoms in total. The highest BCUT2D eigenvalue weighted by molar-refractivity contribution is 5.86. The van der Waals surface area contributed by atoms with Crippen molar-refractivity contribution >= 4 is 11.9 Å². The Balaban J connectivity index is 2.06. The lowest BCUT2D eigenvalue weighted by atomic mass is 9.85. The van der Waals surface area contributed by atoms with Gasteiger partial charge in [-0.15, -0.1) is 0 Å². The zero-order valence-electron chi connectivity index (χ0n) is 10.9. The summed E-state index contributed by atoms with van der Waals surface area (Å²) in [6.07, 6.45) is 4.53. The van der Waals surface area contributed by atoms with Crippen LogP contribution in [0.15, 0.2) is 0 Å². The zero-order valence-corrected chi connectivity index (χ0v) is 10.9. The number of carboxylic acids is 1. The summed E-state index contributed by atoms with van der Waals surface area (Å²) in [5.74, 6) is -0.341. The van der Waals surface area contributed by atoms with Crippen molar-refractivity contribution in [3.05, 3.63) is 0 Å². The van der Waals surface area contributed by atoms with Crippen LogP contribution in [-0.4, -0.2) is 47.1 Å². The van der Waals surface area contributed by atoms with Gasteiger partial charge in [0.05, 0.1) is 12.5 Å². The van der Waals surface area contributed by atoms with Crippen molar-refractivity contribution in [2.75, 3.05) is 13.1 Å². The van der Waals surface area contributed by atoms with Gasteiger partial charge in [-0.25, -0.2) is 0 Å². The molecule has 0 bridgehead atoms. The maximum atomic E-state index is 11.8. The fourth-order valence-corrected chi connectivity index (χ4v) is 3.25. The van der Waals surface area contributed by atoms with E-state index >= 15 is 0 Å². The fourth-order valence-electron chi connectivity index (χ4n) is 3.25. The second kappa shape index (κ2) is 5.69. The smallest absolute Gasteiger partial charge is 0.305 e. The Morgan fingerprint density at radius 2 is 2.28 bits per heavy atom. The number of piperazine rings is 1. The summed E-state index contributed by atoms with van der Waals surface area (Å²) < 4.78 is 0. The molecule has 1 saturated carbocycles. The van der Waals surface area contributed by atoms with Crippen molar-refractivity contribution in [2.45, 2.75) is 51.1 Å². The normalized spacial score (nSPS) is 34.1. The van der Waals surface area contributed by atoms with Crippen LogP contribution in [0.3, 0.4) is 0 Å². The van der Waals surface area contributed by atoms with E-state index in [4.69, 9.17) is 5.11 Å². The van der Waals surface area contributed by atoms with E-state index in [1.54, 1.807) is 0 Å². The number of nitrogens with one attached hydrogen (secondary N) is 1.